The van der Waals surface area contributed by atoms with Crippen LogP contribution in [0.25, 0.3) is 0 Å². The van der Waals surface area contributed by atoms with Crippen molar-refractivity contribution in [3.05, 3.63) is 30.3 Å². The first-order valence-electron chi connectivity index (χ1n) is 17.7. The topological polar surface area (TPSA) is 3.24 Å². The molecule has 0 amide bonds. The van der Waals surface area contributed by atoms with Gasteiger partial charge in [-0.05, 0) is 98.1 Å². The summed E-state index contributed by atoms with van der Waals surface area (Å²) in [7, 11) is 4.70. The smallest absolute Gasteiger partial charge is 0.00952 e. The first-order chi connectivity index (χ1) is 19.4. The number of nitrogens with zero attached hydrogens (tertiary/aromatic N) is 1. The van der Waals surface area contributed by atoms with Crippen LogP contribution >= 0.6 is 15.8 Å². The Morgan fingerprint density at radius 2 is 1.05 bits per heavy atom. The van der Waals surface area contributed by atoms with Crippen LogP contribution in [-0.4, -0.2) is 52.3 Å². The first kappa shape index (κ1) is 42.1. The van der Waals surface area contributed by atoms with Crippen molar-refractivity contribution in [2.24, 2.45) is 5.92 Å². The summed E-state index contributed by atoms with van der Waals surface area (Å²) in [4.78, 5) is 2.45. The fourth-order valence-electron chi connectivity index (χ4n) is 8.86. The molecular weight excluding hydrogens is 644 g/mol. The van der Waals surface area contributed by atoms with Crippen molar-refractivity contribution in [2.75, 3.05) is 14.1 Å². The predicted molar refractivity (Wildman–Crippen MR) is 191 cm³/mol. The number of hydrogen-bond acceptors (Lipinski definition) is 1. The minimum absolute atomic E-state index is 0. The molecule has 4 aliphatic rings. The SMILES string of the molecule is C1CCCC1.CC(C)(C)P(C1CCCC1)C(C)(C)C.C[C@@H](C1CCCC1[P@@](c1ccccc1)C1CCCC1)N(C)C.[Fe].[Fe]. The molecule has 0 radical (unpaired) electrons. The number of rotatable bonds is 6. The summed E-state index contributed by atoms with van der Waals surface area (Å²) in [6.07, 6.45) is 23.7. The molecule has 1 aromatic carbocycles. The second kappa shape index (κ2) is 20.4. The van der Waals surface area contributed by atoms with E-state index in [-0.39, 0.29) is 50.0 Å². The van der Waals surface area contributed by atoms with Crippen LogP contribution in [0.3, 0.4) is 0 Å². The minimum Gasteiger partial charge on any atom is -0.306 e. The summed E-state index contributed by atoms with van der Waals surface area (Å²) in [6, 6.07) is 12.3. The Balaban J connectivity index is 0.000000378. The molecule has 0 aliphatic heterocycles. The molecule has 4 atom stereocenters. The van der Waals surface area contributed by atoms with E-state index in [1.807, 2.05) is 0 Å². The van der Waals surface area contributed by atoms with Crippen LogP contribution < -0.4 is 5.30 Å². The Kier molecular flexibility index (Phi) is 20.0. The van der Waals surface area contributed by atoms with Crippen LogP contribution in [0.2, 0.25) is 0 Å². The summed E-state index contributed by atoms with van der Waals surface area (Å²) >= 11 is 0. The zero-order chi connectivity index (χ0) is 30.0. The van der Waals surface area contributed by atoms with Gasteiger partial charge in [0.15, 0.2) is 0 Å². The van der Waals surface area contributed by atoms with Crippen LogP contribution in [0.4, 0.5) is 0 Å². The van der Waals surface area contributed by atoms with Crippen molar-refractivity contribution in [1.29, 1.82) is 0 Å². The van der Waals surface area contributed by atoms with Gasteiger partial charge in [0.2, 0.25) is 0 Å². The van der Waals surface area contributed by atoms with Crippen LogP contribution in [0.5, 0.6) is 0 Å². The zero-order valence-corrected chi connectivity index (χ0v) is 33.6. The molecule has 0 heterocycles. The van der Waals surface area contributed by atoms with Gasteiger partial charge < -0.3 is 4.90 Å². The fraction of sp³-hybridized carbons (Fsp3) is 0.842. The van der Waals surface area contributed by atoms with E-state index in [4.69, 9.17) is 0 Å². The van der Waals surface area contributed by atoms with E-state index in [1.54, 1.807) is 5.30 Å². The van der Waals surface area contributed by atoms with Gasteiger partial charge in [-0.2, -0.15) is 0 Å². The van der Waals surface area contributed by atoms with Gasteiger partial charge in [-0.15, -0.1) is 0 Å². The number of hydrogen-bond donors (Lipinski definition) is 0. The van der Waals surface area contributed by atoms with Crippen molar-refractivity contribution in [1.82, 2.24) is 4.90 Å². The van der Waals surface area contributed by atoms with E-state index in [9.17, 15) is 0 Å². The standard InChI is InChI=1S/C20H32NP.C13H27P.C5H10.2Fe/c1-16(21(2)3)19-14-9-15-20(19)22(18-12-7-8-13-18)17-10-5-4-6-11-17;1-12(2,3)14(13(4,5)6)11-9-7-8-10-11;1-2-4-5-3-1;;/h4-6,10-11,16,18-20H,7-9,12-15H2,1-3H3;11H,7-10H2,1-6H3;1-5H2;;/t16-,19?,20?,22-;;;;/m0..../s1. The van der Waals surface area contributed by atoms with Gasteiger partial charge in [0.25, 0.3) is 0 Å². The molecule has 4 saturated carbocycles. The van der Waals surface area contributed by atoms with E-state index < -0.39 is 0 Å². The van der Waals surface area contributed by atoms with Crippen molar-refractivity contribution < 1.29 is 34.1 Å². The summed E-state index contributed by atoms with van der Waals surface area (Å²) in [6.45, 7) is 17.1. The molecule has 1 aromatic rings. The third kappa shape index (κ3) is 13.2. The van der Waals surface area contributed by atoms with Gasteiger partial charge in [-0.25, -0.2) is 0 Å². The predicted octanol–water partition coefficient (Wildman–Crippen LogP) is 11.8. The maximum Gasteiger partial charge on any atom is 0.00952 e. The Hall–Kier alpha value is 1.08. The average molecular weight is 714 g/mol. The van der Waals surface area contributed by atoms with Gasteiger partial charge in [0.05, 0.1) is 0 Å². The first-order valence-corrected chi connectivity index (χ1v) is 20.6. The van der Waals surface area contributed by atoms with E-state index in [2.05, 4.69) is 97.8 Å². The molecule has 0 bridgehead atoms. The maximum atomic E-state index is 2.45. The van der Waals surface area contributed by atoms with Crippen molar-refractivity contribution in [2.45, 2.75) is 185 Å². The second-order valence-corrected chi connectivity index (χ2v) is 22.8. The Bertz CT molecular complexity index is 812. The molecule has 1 nitrogen and oxygen atoms in total. The Morgan fingerprint density at radius 1 is 0.605 bits per heavy atom. The third-order valence-corrected chi connectivity index (χ3v) is 18.2. The average Bonchev–Trinajstić information content (AvgIpc) is 3.73. The molecule has 0 saturated heterocycles. The van der Waals surface area contributed by atoms with E-state index in [0.29, 0.717) is 10.3 Å². The molecule has 0 aromatic heterocycles. The van der Waals surface area contributed by atoms with Crippen molar-refractivity contribution in [3.63, 3.8) is 0 Å². The molecule has 4 fully saturated rings. The Labute approximate surface area is 293 Å². The van der Waals surface area contributed by atoms with Gasteiger partial charge in [-0.1, -0.05) is 152 Å². The largest absolute Gasteiger partial charge is 0.306 e. The van der Waals surface area contributed by atoms with Crippen LogP contribution in [0, 0.1) is 5.92 Å². The van der Waals surface area contributed by atoms with Crippen LogP contribution in [0.1, 0.15) is 151 Å². The fourth-order valence-corrected chi connectivity index (χ4v) is 18.0. The molecule has 4 aliphatic carbocycles. The minimum atomic E-state index is 0. The van der Waals surface area contributed by atoms with Crippen molar-refractivity contribution >= 4 is 21.1 Å². The summed E-state index contributed by atoms with van der Waals surface area (Å²) in [5, 5.41) is 2.75. The van der Waals surface area contributed by atoms with Crippen molar-refractivity contribution in [3.8, 4) is 0 Å². The van der Waals surface area contributed by atoms with Gasteiger partial charge in [0, 0.05) is 40.2 Å². The normalized spacial score (nSPS) is 24.4. The molecule has 43 heavy (non-hydrogen) atoms. The van der Waals surface area contributed by atoms with Gasteiger partial charge in [0.1, 0.15) is 0 Å². The molecule has 0 N–H and O–H groups in total. The van der Waals surface area contributed by atoms with E-state index in [0.717, 1.165) is 28.9 Å². The molecule has 252 valence electrons. The molecular formula is C38H69Fe2NP2. The molecule has 2 unspecified atom stereocenters. The summed E-state index contributed by atoms with van der Waals surface area (Å²) < 4.78 is 0. The third-order valence-electron chi connectivity index (χ3n) is 10.5. The Morgan fingerprint density at radius 3 is 1.47 bits per heavy atom. The summed E-state index contributed by atoms with van der Waals surface area (Å²) in [5.41, 5.74) is 3.00. The van der Waals surface area contributed by atoms with Crippen LogP contribution in [-0.2, 0) is 34.1 Å². The second-order valence-electron chi connectivity index (χ2n) is 16.0. The zero-order valence-electron chi connectivity index (χ0n) is 29.6. The monoisotopic (exact) mass is 713 g/mol. The number of benzene rings is 1. The quantitative estimate of drug-likeness (QED) is 0.210. The van der Waals surface area contributed by atoms with E-state index >= 15 is 0 Å². The van der Waals surface area contributed by atoms with Crippen LogP contribution in [0.15, 0.2) is 30.3 Å². The molecule has 5 heteroatoms. The maximum absolute atomic E-state index is 2.45. The summed E-state index contributed by atoms with van der Waals surface area (Å²) in [5.74, 6) is 0.905. The van der Waals surface area contributed by atoms with Gasteiger partial charge >= 0.3 is 0 Å². The molecule has 5 rings (SSSR count). The molecule has 0 spiro atoms. The van der Waals surface area contributed by atoms with Gasteiger partial charge in [-0.3, -0.25) is 0 Å². The van der Waals surface area contributed by atoms with E-state index in [1.165, 1.54) is 103 Å².